The molecule has 11 heteroatoms. The van der Waals surface area contributed by atoms with Crippen molar-refractivity contribution in [3.8, 4) is 0 Å². The standard InChI is InChI=1S/C9H13N2O7PS/c12-3-4-7(19(16,17)20)6(14)8(18-4)11-2-1-5(13)10-9(11)15/h1-2,4,6-8,12,14H,3H2,(H,10,13,15)(H2,16,17,20)/t4-,6+,7-,8-/m1/s1. The van der Waals surface area contributed by atoms with Crippen molar-refractivity contribution in [2.45, 2.75) is 24.1 Å². The summed E-state index contributed by atoms with van der Waals surface area (Å²) in [5.74, 6) is 0. The average Bonchev–Trinajstić information content (AvgIpc) is 2.66. The molecule has 0 amide bonds. The number of aliphatic hydroxyl groups excluding tert-OH is 2. The number of nitrogens with one attached hydrogen (secondary N) is 1. The maximum absolute atomic E-state index is 11.6. The largest absolute Gasteiger partial charge is 0.394 e. The van der Waals surface area contributed by atoms with Gasteiger partial charge in [0.05, 0.1) is 18.4 Å². The molecule has 1 aromatic rings. The lowest BCUT2D eigenvalue weighted by atomic mass is 10.2. The highest BCUT2D eigenvalue weighted by Crippen LogP contribution is 2.51. The molecule has 0 aliphatic carbocycles. The molecule has 0 radical (unpaired) electrons. The Hall–Kier alpha value is -0.870. The second-order valence-corrected chi connectivity index (χ2v) is 7.72. The first-order valence-electron chi connectivity index (χ1n) is 5.57. The van der Waals surface area contributed by atoms with E-state index in [1.54, 1.807) is 0 Å². The third-order valence-electron chi connectivity index (χ3n) is 3.03. The summed E-state index contributed by atoms with van der Waals surface area (Å²) in [4.78, 5) is 43.7. The van der Waals surface area contributed by atoms with Gasteiger partial charge in [-0.05, 0) is 11.8 Å². The van der Waals surface area contributed by atoms with Crippen molar-refractivity contribution >= 4 is 18.3 Å². The van der Waals surface area contributed by atoms with Gasteiger partial charge in [0.25, 0.3) is 5.56 Å². The first-order valence-corrected chi connectivity index (χ1v) is 8.34. The second kappa shape index (κ2) is 5.49. The maximum atomic E-state index is 11.6. The zero-order chi connectivity index (χ0) is 15.1. The van der Waals surface area contributed by atoms with Crippen molar-refractivity contribution in [3.05, 3.63) is 33.1 Å². The van der Waals surface area contributed by atoms with Gasteiger partial charge in [-0.1, -0.05) is 0 Å². The fourth-order valence-corrected chi connectivity index (χ4v) is 4.08. The van der Waals surface area contributed by atoms with Crippen LogP contribution in [0.25, 0.3) is 0 Å². The minimum Gasteiger partial charge on any atom is -0.394 e. The lowest BCUT2D eigenvalue weighted by Crippen LogP contribution is -2.37. The molecule has 1 aliphatic heterocycles. The van der Waals surface area contributed by atoms with Crippen LogP contribution in [0, 0.1) is 0 Å². The molecular formula is C9H13N2O7PS. The lowest BCUT2D eigenvalue weighted by molar-refractivity contribution is -0.0530. The summed E-state index contributed by atoms with van der Waals surface area (Å²) in [7, 11) is 0. The van der Waals surface area contributed by atoms with Gasteiger partial charge < -0.3 is 24.7 Å². The smallest absolute Gasteiger partial charge is 0.330 e. The molecule has 112 valence electrons. The summed E-state index contributed by atoms with van der Waals surface area (Å²) >= 11 is 4.55. The number of aromatic amines is 1. The van der Waals surface area contributed by atoms with E-state index in [0.717, 1.165) is 16.8 Å². The molecule has 0 unspecified atom stereocenters. The summed E-state index contributed by atoms with van der Waals surface area (Å²) in [5, 5.41) is 19.2. The van der Waals surface area contributed by atoms with E-state index in [4.69, 9.17) is 9.84 Å². The lowest BCUT2D eigenvalue weighted by Gasteiger charge is -2.23. The third kappa shape index (κ3) is 2.77. The molecule has 20 heavy (non-hydrogen) atoms. The highest BCUT2D eigenvalue weighted by molar-refractivity contribution is 8.09. The van der Waals surface area contributed by atoms with Crippen molar-refractivity contribution in [2.75, 3.05) is 6.61 Å². The summed E-state index contributed by atoms with van der Waals surface area (Å²) in [5.41, 5.74) is -2.74. The van der Waals surface area contributed by atoms with Crippen LogP contribution in [0.3, 0.4) is 0 Å². The van der Waals surface area contributed by atoms with Crippen LogP contribution in [0.1, 0.15) is 6.23 Å². The number of hydrogen-bond acceptors (Lipinski definition) is 6. The Morgan fingerprint density at radius 2 is 2.10 bits per heavy atom. The molecule has 5 N–H and O–H groups in total. The Kier molecular flexibility index (Phi) is 4.26. The number of rotatable bonds is 3. The van der Waals surface area contributed by atoms with Crippen LogP contribution < -0.4 is 11.2 Å². The van der Waals surface area contributed by atoms with Crippen LogP contribution in [-0.4, -0.2) is 54.0 Å². The van der Waals surface area contributed by atoms with Crippen LogP contribution in [0.5, 0.6) is 0 Å². The van der Waals surface area contributed by atoms with Crippen LogP contribution in [0.2, 0.25) is 0 Å². The molecule has 0 saturated carbocycles. The fourth-order valence-electron chi connectivity index (χ4n) is 2.15. The van der Waals surface area contributed by atoms with Crippen LogP contribution in [0.15, 0.2) is 21.9 Å². The Morgan fingerprint density at radius 3 is 2.55 bits per heavy atom. The van der Waals surface area contributed by atoms with Gasteiger partial charge in [0.1, 0.15) is 6.10 Å². The van der Waals surface area contributed by atoms with Crippen molar-refractivity contribution in [3.63, 3.8) is 0 Å². The Labute approximate surface area is 117 Å². The molecule has 0 aromatic carbocycles. The van der Waals surface area contributed by atoms with Crippen LogP contribution in [-0.2, 0) is 16.5 Å². The van der Waals surface area contributed by atoms with Crippen molar-refractivity contribution in [1.82, 2.24) is 9.55 Å². The van der Waals surface area contributed by atoms with Gasteiger partial charge in [-0.25, -0.2) is 4.79 Å². The van der Waals surface area contributed by atoms with E-state index in [-0.39, 0.29) is 0 Å². The molecule has 0 spiro atoms. The maximum Gasteiger partial charge on any atom is 0.330 e. The van der Waals surface area contributed by atoms with E-state index in [1.165, 1.54) is 0 Å². The normalized spacial score (nSPS) is 30.6. The summed E-state index contributed by atoms with van der Waals surface area (Å²) in [6.45, 7) is -4.51. The van der Waals surface area contributed by atoms with Gasteiger partial charge in [0.2, 0.25) is 0 Å². The van der Waals surface area contributed by atoms with Crippen molar-refractivity contribution in [1.29, 1.82) is 0 Å². The Bertz CT molecular complexity index is 652. The van der Waals surface area contributed by atoms with Gasteiger partial charge in [-0.3, -0.25) is 14.3 Å². The average molecular weight is 324 g/mol. The first-order chi connectivity index (χ1) is 9.25. The van der Waals surface area contributed by atoms with Gasteiger partial charge in [0, 0.05) is 12.3 Å². The predicted molar refractivity (Wildman–Crippen MR) is 70.8 cm³/mol. The molecule has 4 atom stereocenters. The summed E-state index contributed by atoms with van der Waals surface area (Å²) < 4.78 is 6.14. The molecule has 1 aliphatic rings. The minimum absolute atomic E-state index is 0.601. The van der Waals surface area contributed by atoms with Crippen molar-refractivity contribution in [2.24, 2.45) is 0 Å². The second-order valence-electron chi connectivity index (χ2n) is 4.34. The van der Waals surface area contributed by atoms with Gasteiger partial charge in [-0.15, -0.1) is 0 Å². The molecular weight excluding hydrogens is 311 g/mol. The van der Waals surface area contributed by atoms with E-state index in [9.17, 15) is 24.5 Å². The van der Waals surface area contributed by atoms with E-state index in [1.807, 2.05) is 4.98 Å². The molecule has 2 rings (SSSR count). The van der Waals surface area contributed by atoms with Crippen molar-refractivity contribution < 1.29 is 24.7 Å². The van der Waals surface area contributed by atoms with Crippen LogP contribution >= 0.6 is 6.49 Å². The molecule has 1 fully saturated rings. The minimum atomic E-state index is -3.91. The van der Waals surface area contributed by atoms with Crippen LogP contribution in [0.4, 0.5) is 0 Å². The monoisotopic (exact) mass is 324 g/mol. The topological polar surface area (TPSA) is 145 Å². The SMILES string of the molecule is O=c1ccn([C@@H]2O[C@H](CO)[C@@H](P(O)(O)=S)[C@@H]2O)c(=O)[nH]1. The number of hydrogen-bond donors (Lipinski definition) is 5. The molecule has 9 nitrogen and oxygen atoms in total. The number of H-pyrrole nitrogens is 1. The van der Waals surface area contributed by atoms with Gasteiger partial charge >= 0.3 is 5.69 Å². The highest BCUT2D eigenvalue weighted by Gasteiger charge is 2.50. The fraction of sp³-hybridized carbons (Fsp3) is 0.556. The molecule has 1 aromatic heterocycles. The molecule has 2 heterocycles. The first kappa shape index (κ1) is 15.5. The molecule has 0 bridgehead atoms. The van der Waals surface area contributed by atoms with Gasteiger partial charge in [0.15, 0.2) is 12.7 Å². The van der Waals surface area contributed by atoms with E-state index in [0.29, 0.717) is 0 Å². The van der Waals surface area contributed by atoms with Gasteiger partial charge in [-0.2, -0.15) is 0 Å². The summed E-state index contributed by atoms with van der Waals surface area (Å²) in [6.07, 6.45) is -2.79. The Balaban J connectivity index is 2.42. The number of nitrogens with zero attached hydrogens (tertiary/aromatic N) is 1. The Morgan fingerprint density at radius 1 is 1.45 bits per heavy atom. The molecule has 1 saturated heterocycles. The van der Waals surface area contributed by atoms with E-state index >= 15 is 0 Å². The predicted octanol–water partition coefficient (Wildman–Crippen LogP) is -2.55. The zero-order valence-corrected chi connectivity index (χ0v) is 11.7. The van der Waals surface area contributed by atoms with E-state index < -0.39 is 48.4 Å². The third-order valence-corrected chi connectivity index (χ3v) is 5.18. The number of aromatic nitrogens is 2. The quantitative estimate of drug-likeness (QED) is 0.382. The summed E-state index contributed by atoms with van der Waals surface area (Å²) in [6, 6.07) is 1.05. The highest BCUT2D eigenvalue weighted by atomic mass is 32.5. The zero-order valence-electron chi connectivity index (χ0n) is 9.99. The van der Waals surface area contributed by atoms with E-state index in [2.05, 4.69) is 11.8 Å². The number of aliphatic hydroxyl groups is 2. The number of ether oxygens (including phenoxy) is 1.